The minimum Gasteiger partial charge on any atom is -0.399 e. The van der Waals surface area contributed by atoms with Crippen LogP contribution in [-0.2, 0) is 0 Å². The van der Waals surface area contributed by atoms with Crippen molar-refractivity contribution in [1.29, 1.82) is 0 Å². The number of nitrogens with zero attached hydrogens (tertiary/aromatic N) is 1. The molecule has 0 atom stereocenters. The van der Waals surface area contributed by atoms with Crippen LogP contribution in [0.1, 0.15) is 36.2 Å². The van der Waals surface area contributed by atoms with Gasteiger partial charge in [-0.25, -0.2) is 4.39 Å². The largest absolute Gasteiger partial charge is 0.399 e. The Balaban J connectivity index is 2.59. The van der Waals surface area contributed by atoms with E-state index in [1.807, 2.05) is 0 Å². The van der Waals surface area contributed by atoms with Crippen LogP contribution in [0.25, 0.3) is 0 Å². The Hall–Kier alpha value is -1.62. The van der Waals surface area contributed by atoms with E-state index in [2.05, 4.69) is 24.1 Å². The van der Waals surface area contributed by atoms with E-state index in [0.717, 1.165) is 26.1 Å². The third-order valence-corrected chi connectivity index (χ3v) is 3.22. The van der Waals surface area contributed by atoms with E-state index >= 15 is 0 Å². The summed E-state index contributed by atoms with van der Waals surface area (Å²) in [5, 5.41) is 2.74. The van der Waals surface area contributed by atoms with E-state index in [1.165, 1.54) is 12.1 Å². The van der Waals surface area contributed by atoms with Gasteiger partial charge in [-0.3, -0.25) is 4.79 Å². The fourth-order valence-electron chi connectivity index (χ4n) is 2.13. The molecule has 0 unspecified atom stereocenters. The molecule has 0 aliphatic rings. The van der Waals surface area contributed by atoms with E-state index in [-0.39, 0.29) is 5.56 Å². The number of hydrogen-bond donors (Lipinski definition) is 2. The lowest BCUT2D eigenvalue weighted by Gasteiger charge is -2.19. The maximum Gasteiger partial charge on any atom is 0.254 e. The molecule has 0 aliphatic carbocycles. The van der Waals surface area contributed by atoms with Crippen molar-refractivity contribution in [1.82, 2.24) is 10.2 Å². The molecule has 0 bridgehead atoms. The lowest BCUT2D eigenvalue weighted by molar-refractivity contribution is 0.0944. The number of carbonyl (C=O) groups excluding carboxylic acids is 1. The normalized spacial score (nSPS) is 10.8. The first-order chi connectivity index (χ1) is 9.49. The van der Waals surface area contributed by atoms with Crippen LogP contribution in [0.3, 0.4) is 0 Å². The van der Waals surface area contributed by atoms with Crippen LogP contribution in [0.2, 0.25) is 0 Å². The van der Waals surface area contributed by atoms with Crippen LogP contribution >= 0.6 is 0 Å². The van der Waals surface area contributed by atoms with Crippen LogP contribution in [-0.4, -0.2) is 37.0 Å². The Labute approximate surface area is 120 Å². The SMILES string of the molecule is CCCN(CC)CCNC(=O)c1cc(N)cc(C)c1F. The number of carbonyl (C=O) groups is 1. The Bertz CT molecular complexity index is 463. The summed E-state index contributed by atoms with van der Waals surface area (Å²) < 4.78 is 13.9. The van der Waals surface area contributed by atoms with Crippen molar-refractivity contribution in [3.8, 4) is 0 Å². The van der Waals surface area contributed by atoms with Crippen molar-refractivity contribution < 1.29 is 9.18 Å². The topological polar surface area (TPSA) is 58.4 Å². The first-order valence-electron chi connectivity index (χ1n) is 7.05. The molecule has 4 nitrogen and oxygen atoms in total. The number of nitrogen functional groups attached to an aromatic ring is 1. The van der Waals surface area contributed by atoms with Gasteiger partial charge in [-0.15, -0.1) is 0 Å². The Morgan fingerprint density at radius 3 is 2.65 bits per heavy atom. The van der Waals surface area contributed by atoms with Crippen molar-refractivity contribution in [3.63, 3.8) is 0 Å². The van der Waals surface area contributed by atoms with Gasteiger partial charge in [0.25, 0.3) is 5.91 Å². The Morgan fingerprint density at radius 1 is 1.35 bits per heavy atom. The van der Waals surface area contributed by atoms with Gasteiger partial charge >= 0.3 is 0 Å². The van der Waals surface area contributed by atoms with Crippen LogP contribution in [0, 0.1) is 12.7 Å². The van der Waals surface area contributed by atoms with Crippen LogP contribution in [0.4, 0.5) is 10.1 Å². The molecule has 0 aliphatic heterocycles. The number of nitrogens with two attached hydrogens (primary N) is 1. The van der Waals surface area contributed by atoms with Crippen LogP contribution < -0.4 is 11.1 Å². The molecule has 0 radical (unpaired) electrons. The molecule has 1 amide bonds. The summed E-state index contributed by atoms with van der Waals surface area (Å²) in [5.74, 6) is -0.914. The number of nitrogens with one attached hydrogen (secondary N) is 1. The Morgan fingerprint density at radius 2 is 2.05 bits per heavy atom. The van der Waals surface area contributed by atoms with E-state index in [9.17, 15) is 9.18 Å². The highest BCUT2D eigenvalue weighted by atomic mass is 19.1. The van der Waals surface area contributed by atoms with Gasteiger partial charge in [-0.1, -0.05) is 13.8 Å². The fourth-order valence-corrected chi connectivity index (χ4v) is 2.13. The predicted molar refractivity (Wildman–Crippen MR) is 80.3 cm³/mol. The van der Waals surface area contributed by atoms with Crippen molar-refractivity contribution in [2.75, 3.05) is 31.9 Å². The summed E-state index contributed by atoms with van der Waals surface area (Å²) in [7, 11) is 0. The monoisotopic (exact) mass is 281 g/mol. The summed E-state index contributed by atoms with van der Waals surface area (Å²) in [4.78, 5) is 14.2. The number of benzene rings is 1. The van der Waals surface area contributed by atoms with Gasteiger partial charge in [0.15, 0.2) is 0 Å². The molecule has 112 valence electrons. The molecule has 0 saturated carbocycles. The lowest BCUT2D eigenvalue weighted by atomic mass is 10.1. The molecule has 1 aromatic rings. The second-order valence-electron chi connectivity index (χ2n) is 4.89. The highest BCUT2D eigenvalue weighted by Crippen LogP contribution is 2.16. The molecule has 3 N–H and O–H groups in total. The van der Waals surface area contributed by atoms with Crippen molar-refractivity contribution in [2.24, 2.45) is 0 Å². The first-order valence-corrected chi connectivity index (χ1v) is 7.05. The molecule has 0 fully saturated rings. The van der Waals surface area contributed by atoms with Crippen molar-refractivity contribution in [2.45, 2.75) is 27.2 Å². The molecule has 0 aromatic heterocycles. The standard InChI is InChI=1S/C15H24FN3O/c1-4-7-19(5-2)8-6-18-15(20)13-10-12(17)9-11(3)14(13)16/h9-10H,4-8,17H2,1-3H3,(H,18,20). The van der Waals surface area contributed by atoms with E-state index < -0.39 is 11.7 Å². The number of hydrogen-bond acceptors (Lipinski definition) is 3. The first kappa shape index (κ1) is 16.4. The van der Waals surface area contributed by atoms with Gasteiger partial charge < -0.3 is 16.0 Å². The maximum atomic E-state index is 13.9. The summed E-state index contributed by atoms with van der Waals surface area (Å²) in [6, 6.07) is 2.90. The minimum atomic E-state index is -0.502. The molecule has 0 spiro atoms. The zero-order chi connectivity index (χ0) is 15.1. The average Bonchev–Trinajstić information content (AvgIpc) is 2.41. The van der Waals surface area contributed by atoms with Crippen molar-refractivity contribution in [3.05, 3.63) is 29.1 Å². The van der Waals surface area contributed by atoms with Gasteiger partial charge in [0.05, 0.1) is 5.56 Å². The van der Waals surface area contributed by atoms with Crippen LogP contribution in [0.15, 0.2) is 12.1 Å². The van der Waals surface area contributed by atoms with E-state index in [1.54, 1.807) is 6.92 Å². The molecule has 20 heavy (non-hydrogen) atoms. The van der Waals surface area contributed by atoms with E-state index in [4.69, 9.17) is 5.73 Å². The number of likely N-dealkylation sites (N-methyl/N-ethyl adjacent to an activating group) is 1. The Kier molecular flexibility index (Phi) is 6.45. The number of halogens is 1. The second kappa shape index (κ2) is 7.85. The summed E-state index contributed by atoms with van der Waals surface area (Å²) >= 11 is 0. The average molecular weight is 281 g/mol. The van der Waals surface area contributed by atoms with Gasteiger partial charge in [-0.2, -0.15) is 0 Å². The van der Waals surface area contributed by atoms with Gasteiger partial charge in [0, 0.05) is 18.8 Å². The lowest BCUT2D eigenvalue weighted by Crippen LogP contribution is -2.35. The molecule has 0 saturated heterocycles. The molecular weight excluding hydrogens is 257 g/mol. The summed E-state index contributed by atoms with van der Waals surface area (Å²) in [6.07, 6.45) is 1.07. The zero-order valence-electron chi connectivity index (χ0n) is 12.5. The van der Waals surface area contributed by atoms with Gasteiger partial charge in [-0.05, 0) is 44.1 Å². The van der Waals surface area contributed by atoms with Crippen molar-refractivity contribution >= 4 is 11.6 Å². The second-order valence-corrected chi connectivity index (χ2v) is 4.89. The summed E-state index contributed by atoms with van der Waals surface area (Å²) in [6.45, 7) is 9.00. The fraction of sp³-hybridized carbons (Fsp3) is 0.533. The summed E-state index contributed by atoms with van der Waals surface area (Å²) in [5.41, 5.74) is 6.45. The van der Waals surface area contributed by atoms with Gasteiger partial charge in [0.1, 0.15) is 5.82 Å². The molecule has 1 aromatic carbocycles. The number of aryl methyl sites for hydroxylation is 1. The smallest absolute Gasteiger partial charge is 0.254 e. The molecular formula is C15H24FN3O. The van der Waals surface area contributed by atoms with E-state index in [0.29, 0.717) is 17.8 Å². The molecule has 5 heteroatoms. The third-order valence-electron chi connectivity index (χ3n) is 3.22. The van der Waals surface area contributed by atoms with Crippen LogP contribution in [0.5, 0.6) is 0 Å². The maximum absolute atomic E-state index is 13.9. The quantitative estimate of drug-likeness (QED) is 0.753. The molecule has 0 heterocycles. The zero-order valence-corrected chi connectivity index (χ0v) is 12.5. The highest BCUT2D eigenvalue weighted by molar-refractivity contribution is 5.95. The number of amides is 1. The predicted octanol–water partition coefficient (Wildman–Crippen LogP) is 2.18. The third kappa shape index (κ3) is 4.49. The number of anilines is 1. The highest BCUT2D eigenvalue weighted by Gasteiger charge is 2.14. The van der Waals surface area contributed by atoms with Gasteiger partial charge in [0.2, 0.25) is 0 Å². The molecule has 1 rings (SSSR count). The minimum absolute atomic E-state index is 0.0149. The number of rotatable bonds is 7.